The van der Waals surface area contributed by atoms with Crippen LogP contribution in [0.2, 0.25) is 0 Å². The molecule has 6 heteroatoms. The van der Waals surface area contributed by atoms with Crippen LogP contribution in [0.15, 0.2) is 12.1 Å². The van der Waals surface area contributed by atoms with E-state index in [1.54, 1.807) is 13.8 Å². The molecule has 0 spiro atoms. The smallest absolute Gasteiger partial charge is 0.166 e. The molecule has 20 heavy (non-hydrogen) atoms. The first-order valence-electron chi connectivity index (χ1n) is 6.27. The highest BCUT2D eigenvalue weighted by molar-refractivity contribution is 5.44. The lowest BCUT2D eigenvalue weighted by Gasteiger charge is -2.22. The predicted molar refractivity (Wildman–Crippen MR) is 64.4 cm³/mol. The molecule has 0 radical (unpaired) electrons. The first kappa shape index (κ1) is 16.9. The van der Waals surface area contributed by atoms with Crippen LogP contribution in [-0.2, 0) is 25.2 Å². The molecule has 114 valence electrons. The van der Waals surface area contributed by atoms with Gasteiger partial charge in [-0.3, -0.25) is 0 Å². The van der Waals surface area contributed by atoms with Gasteiger partial charge in [0.05, 0.1) is 11.1 Å². The Morgan fingerprint density at radius 3 is 1.85 bits per heavy atom. The molecule has 0 saturated heterocycles. The molecule has 0 aliphatic rings. The second-order valence-corrected chi connectivity index (χ2v) is 5.07. The molecule has 0 heterocycles. The number of rotatable bonds is 3. The molecule has 0 aliphatic carbocycles. The maximum absolute atomic E-state index is 13.1. The summed E-state index contributed by atoms with van der Waals surface area (Å²) in [7, 11) is 0. The molecule has 0 nitrogen and oxygen atoms in total. The molecule has 1 aromatic rings. The summed E-state index contributed by atoms with van der Waals surface area (Å²) in [5, 5.41) is 0. The van der Waals surface area contributed by atoms with Crippen molar-refractivity contribution in [2.45, 2.75) is 46.0 Å². The monoisotopic (exact) mass is 298 g/mol. The van der Waals surface area contributed by atoms with E-state index in [9.17, 15) is 26.3 Å². The first-order valence-corrected chi connectivity index (χ1v) is 6.27. The summed E-state index contributed by atoms with van der Waals surface area (Å²) < 4.78 is 77.9. The van der Waals surface area contributed by atoms with Crippen molar-refractivity contribution < 1.29 is 26.3 Å². The first-order chi connectivity index (χ1) is 8.98. The number of hydrogen-bond acceptors (Lipinski definition) is 0. The lowest BCUT2D eigenvalue weighted by molar-refractivity contribution is -0.144. The van der Waals surface area contributed by atoms with Crippen LogP contribution in [0.5, 0.6) is 0 Å². The largest absolute Gasteiger partial charge is 0.416 e. The Morgan fingerprint density at radius 2 is 1.50 bits per heavy atom. The lowest BCUT2D eigenvalue weighted by Crippen LogP contribution is -2.19. The van der Waals surface area contributed by atoms with Crippen LogP contribution >= 0.6 is 0 Å². The van der Waals surface area contributed by atoms with Gasteiger partial charge < -0.3 is 0 Å². The van der Waals surface area contributed by atoms with E-state index in [1.807, 2.05) is 0 Å². The van der Waals surface area contributed by atoms with Gasteiger partial charge in [-0.05, 0) is 36.0 Å². The number of hydrogen-bond donors (Lipinski definition) is 0. The summed E-state index contributed by atoms with van der Waals surface area (Å²) in [4.78, 5) is 0. The van der Waals surface area contributed by atoms with Crippen LogP contribution in [-0.4, -0.2) is 0 Å². The number of halogens is 6. The molecular formula is C14H16F6. The molecule has 0 N–H and O–H groups in total. The molecule has 0 atom stereocenters. The van der Waals surface area contributed by atoms with Crippen LogP contribution in [0.3, 0.4) is 0 Å². The van der Waals surface area contributed by atoms with Crippen LogP contribution in [0, 0.1) is 5.92 Å². The second-order valence-electron chi connectivity index (χ2n) is 5.07. The van der Waals surface area contributed by atoms with Gasteiger partial charge in [0.2, 0.25) is 0 Å². The summed E-state index contributed by atoms with van der Waals surface area (Å²) >= 11 is 0. The summed E-state index contributed by atoms with van der Waals surface area (Å²) in [6.45, 7) is 4.76. The summed E-state index contributed by atoms with van der Waals surface area (Å²) in [5.74, 6) is -0.0717. The maximum Gasteiger partial charge on any atom is 0.416 e. The Balaban J connectivity index is 3.60. The van der Waals surface area contributed by atoms with Gasteiger partial charge in [0.1, 0.15) is 0 Å². The average molecular weight is 298 g/mol. The van der Waals surface area contributed by atoms with Crippen molar-refractivity contribution in [1.82, 2.24) is 0 Å². The van der Waals surface area contributed by atoms with Crippen LogP contribution in [0.25, 0.3) is 0 Å². The fraction of sp³-hybridized carbons (Fsp3) is 0.571. The fourth-order valence-electron chi connectivity index (χ4n) is 2.29. The van der Waals surface area contributed by atoms with Crippen molar-refractivity contribution in [1.29, 1.82) is 0 Å². The van der Waals surface area contributed by atoms with Gasteiger partial charge in [0, 0.05) is 0 Å². The standard InChI is InChI=1S/C14H16F6/c1-4-10-11(13(15,16)17)6-5-9(7-8(2)3)12(10)14(18,19)20/h5-6,8H,4,7H2,1-3H3. The second kappa shape index (κ2) is 5.66. The van der Waals surface area contributed by atoms with E-state index >= 15 is 0 Å². The van der Waals surface area contributed by atoms with Gasteiger partial charge in [-0.25, -0.2) is 0 Å². The summed E-state index contributed by atoms with van der Waals surface area (Å²) in [5.41, 5.74) is -3.05. The van der Waals surface area contributed by atoms with E-state index < -0.39 is 29.0 Å². The van der Waals surface area contributed by atoms with Crippen LogP contribution in [0.1, 0.15) is 43.0 Å². The van der Waals surface area contributed by atoms with Gasteiger partial charge >= 0.3 is 12.4 Å². The zero-order valence-electron chi connectivity index (χ0n) is 11.4. The molecule has 0 aliphatic heterocycles. The molecule has 0 fully saturated rings. The van der Waals surface area contributed by atoms with Gasteiger partial charge in [0.25, 0.3) is 0 Å². The minimum absolute atomic E-state index is 0.0717. The molecular weight excluding hydrogens is 282 g/mol. The van der Waals surface area contributed by atoms with Crippen molar-refractivity contribution in [3.05, 3.63) is 34.4 Å². The van der Waals surface area contributed by atoms with Crippen LogP contribution in [0.4, 0.5) is 26.3 Å². The van der Waals surface area contributed by atoms with Crippen molar-refractivity contribution in [3.8, 4) is 0 Å². The van der Waals surface area contributed by atoms with Crippen molar-refractivity contribution in [3.63, 3.8) is 0 Å². The Labute approximate surface area is 113 Å². The molecule has 1 rings (SSSR count). The van der Waals surface area contributed by atoms with E-state index in [1.165, 1.54) is 6.92 Å². The molecule has 0 aromatic heterocycles. The summed E-state index contributed by atoms with van der Waals surface area (Å²) in [6.07, 6.45) is -9.77. The Bertz CT molecular complexity index is 468. The van der Waals surface area contributed by atoms with Gasteiger partial charge in [-0.15, -0.1) is 0 Å². The van der Waals surface area contributed by atoms with Gasteiger partial charge in [-0.1, -0.05) is 26.8 Å². The highest BCUT2D eigenvalue weighted by Crippen LogP contribution is 2.42. The average Bonchev–Trinajstić information content (AvgIpc) is 2.24. The van der Waals surface area contributed by atoms with E-state index in [0.717, 1.165) is 12.1 Å². The third-order valence-corrected chi connectivity index (χ3v) is 2.97. The number of benzene rings is 1. The zero-order chi connectivity index (χ0) is 15.7. The highest BCUT2D eigenvalue weighted by Gasteiger charge is 2.41. The molecule has 0 unspecified atom stereocenters. The van der Waals surface area contributed by atoms with Gasteiger partial charge in [-0.2, -0.15) is 26.3 Å². The van der Waals surface area contributed by atoms with E-state index in [2.05, 4.69) is 0 Å². The predicted octanol–water partition coefficient (Wildman–Crippen LogP) is 5.49. The molecule has 1 aromatic carbocycles. The normalized spacial score (nSPS) is 13.1. The van der Waals surface area contributed by atoms with Gasteiger partial charge in [0.15, 0.2) is 0 Å². The minimum atomic E-state index is -4.78. The fourth-order valence-corrected chi connectivity index (χ4v) is 2.29. The Morgan fingerprint density at radius 1 is 0.950 bits per heavy atom. The lowest BCUT2D eigenvalue weighted by atomic mass is 9.89. The van der Waals surface area contributed by atoms with Crippen molar-refractivity contribution in [2.75, 3.05) is 0 Å². The third-order valence-electron chi connectivity index (χ3n) is 2.97. The Kier molecular flexibility index (Phi) is 4.77. The molecule has 0 saturated carbocycles. The zero-order valence-corrected chi connectivity index (χ0v) is 11.4. The van der Waals surface area contributed by atoms with Crippen molar-refractivity contribution >= 4 is 0 Å². The molecule has 0 amide bonds. The van der Waals surface area contributed by atoms with E-state index in [0.29, 0.717) is 0 Å². The van der Waals surface area contributed by atoms with Crippen molar-refractivity contribution in [2.24, 2.45) is 5.92 Å². The SMILES string of the molecule is CCc1c(C(F)(F)F)ccc(CC(C)C)c1C(F)(F)F. The minimum Gasteiger partial charge on any atom is -0.166 e. The highest BCUT2D eigenvalue weighted by atomic mass is 19.4. The maximum atomic E-state index is 13.1. The molecule has 0 bridgehead atoms. The number of alkyl halides is 6. The quantitative estimate of drug-likeness (QED) is 0.648. The van der Waals surface area contributed by atoms with Crippen LogP contribution < -0.4 is 0 Å². The van der Waals surface area contributed by atoms with E-state index in [-0.39, 0.29) is 24.3 Å². The third kappa shape index (κ3) is 3.67. The van der Waals surface area contributed by atoms with E-state index in [4.69, 9.17) is 0 Å². The topological polar surface area (TPSA) is 0 Å². The summed E-state index contributed by atoms with van der Waals surface area (Å²) in [6, 6.07) is 1.70. The Hall–Kier alpha value is -1.20.